The molecule has 0 spiro atoms. The molecule has 0 unspecified atom stereocenters. The van der Waals surface area contributed by atoms with E-state index in [1.165, 1.54) is 18.4 Å². The first kappa shape index (κ1) is 15.0. The first-order valence-corrected chi connectivity index (χ1v) is 8.65. The van der Waals surface area contributed by atoms with Gasteiger partial charge in [-0.05, 0) is 62.1 Å². The van der Waals surface area contributed by atoms with Crippen LogP contribution in [0.15, 0.2) is 28.7 Å². The molecule has 0 saturated heterocycles. The highest BCUT2D eigenvalue weighted by molar-refractivity contribution is 9.10. The Labute approximate surface area is 134 Å². The molecule has 3 rings (SSSR count). The SMILES string of the molecule is O=C(O)C1CCC(NC2CC(c3ccc(Br)cc3)C2)CC1. The molecule has 21 heavy (non-hydrogen) atoms. The molecule has 0 atom stereocenters. The van der Waals surface area contributed by atoms with Crippen LogP contribution < -0.4 is 5.32 Å². The summed E-state index contributed by atoms with van der Waals surface area (Å²) in [5, 5.41) is 12.7. The molecule has 0 heterocycles. The Kier molecular flexibility index (Phi) is 4.65. The molecule has 1 aromatic carbocycles. The molecule has 2 fully saturated rings. The molecular formula is C17H22BrNO2. The predicted octanol–water partition coefficient (Wildman–Crippen LogP) is 3.93. The molecule has 0 bridgehead atoms. The molecular weight excluding hydrogens is 330 g/mol. The summed E-state index contributed by atoms with van der Waals surface area (Å²) >= 11 is 3.47. The van der Waals surface area contributed by atoms with Gasteiger partial charge in [-0.15, -0.1) is 0 Å². The maximum absolute atomic E-state index is 11.0. The predicted molar refractivity (Wildman–Crippen MR) is 86.4 cm³/mol. The average molecular weight is 352 g/mol. The van der Waals surface area contributed by atoms with Gasteiger partial charge in [-0.3, -0.25) is 4.79 Å². The molecule has 2 aliphatic rings. The van der Waals surface area contributed by atoms with Crippen LogP contribution in [0.2, 0.25) is 0 Å². The highest BCUT2D eigenvalue weighted by atomic mass is 79.9. The highest BCUT2D eigenvalue weighted by Gasteiger charge is 2.33. The lowest BCUT2D eigenvalue weighted by atomic mass is 9.75. The molecule has 2 aliphatic carbocycles. The summed E-state index contributed by atoms with van der Waals surface area (Å²) in [4.78, 5) is 11.0. The smallest absolute Gasteiger partial charge is 0.306 e. The third-order valence-corrected chi connectivity index (χ3v) is 5.56. The van der Waals surface area contributed by atoms with Gasteiger partial charge in [0.25, 0.3) is 0 Å². The van der Waals surface area contributed by atoms with Crippen LogP contribution in [-0.2, 0) is 4.79 Å². The van der Waals surface area contributed by atoms with Crippen LogP contribution in [0.25, 0.3) is 0 Å². The molecule has 1 aromatic rings. The van der Waals surface area contributed by atoms with E-state index < -0.39 is 5.97 Å². The number of nitrogens with one attached hydrogen (secondary N) is 1. The first-order chi connectivity index (χ1) is 10.1. The van der Waals surface area contributed by atoms with E-state index in [1.54, 1.807) is 0 Å². The zero-order valence-corrected chi connectivity index (χ0v) is 13.7. The first-order valence-electron chi connectivity index (χ1n) is 7.86. The summed E-state index contributed by atoms with van der Waals surface area (Å²) in [5.41, 5.74) is 1.44. The van der Waals surface area contributed by atoms with Crippen LogP contribution in [0, 0.1) is 5.92 Å². The minimum Gasteiger partial charge on any atom is -0.481 e. The molecule has 2 N–H and O–H groups in total. The summed E-state index contributed by atoms with van der Waals surface area (Å²) in [5.74, 6) is -0.0432. The van der Waals surface area contributed by atoms with Crippen molar-refractivity contribution < 1.29 is 9.90 Å². The van der Waals surface area contributed by atoms with E-state index in [9.17, 15) is 4.79 Å². The zero-order chi connectivity index (χ0) is 14.8. The Morgan fingerprint density at radius 2 is 1.67 bits per heavy atom. The van der Waals surface area contributed by atoms with Crippen molar-refractivity contribution in [3.63, 3.8) is 0 Å². The number of aliphatic carboxylic acids is 1. The molecule has 114 valence electrons. The minimum absolute atomic E-state index is 0.111. The topological polar surface area (TPSA) is 49.3 Å². The molecule has 0 aromatic heterocycles. The van der Waals surface area contributed by atoms with Gasteiger partial charge < -0.3 is 10.4 Å². The second-order valence-electron chi connectivity index (χ2n) is 6.47. The van der Waals surface area contributed by atoms with E-state index in [0.29, 0.717) is 18.0 Å². The van der Waals surface area contributed by atoms with Gasteiger partial charge in [-0.1, -0.05) is 28.1 Å². The van der Waals surface area contributed by atoms with Gasteiger partial charge in [0.1, 0.15) is 0 Å². The maximum Gasteiger partial charge on any atom is 0.306 e. The second-order valence-corrected chi connectivity index (χ2v) is 7.39. The highest BCUT2D eigenvalue weighted by Crippen LogP contribution is 2.38. The Morgan fingerprint density at radius 1 is 1.05 bits per heavy atom. The molecule has 0 radical (unpaired) electrons. The Balaban J connectivity index is 1.41. The lowest BCUT2D eigenvalue weighted by molar-refractivity contribution is -0.142. The number of hydrogen-bond acceptors (Lipinski definition) is 2. The van der Waals surface area contributed by atoms with Crippen molar-refractivity contribution in [3.05, 3.63) is 34.3 Å². The molecule has 0 amide bonds. The fourth-order valence-corrected chi connectivity index (χ4v) is 3.87. The fourth-order valence-electron chi connectivity index (χ4n) is 3.60. The summed E-state index contributed by atoms with van der Waals surface area (Å²) in [7, 11) is 0. The number of carbonyl (C=O) groups is 1. The summed E-state index contributed by atoms with van der Waals surface area (Å²) < 4.78 is 1.13. The Hall–Kier alpha value is -0.870. The van der Waals surface area contributed by atoms with E-state index in [0.717, 1.165) is 30.2 Å². The molecule has 3 nitrogen and oxygen atoms in total. The normalized spacial score (nSPS) is 32.4. The van der Waals surface area contributed by atoms with Gasteiger partial charge in [0.15, 0.2) is 0 Å². The summed E-state index contributed by atoms with van der Waals surface area (Å²) in [6.07, 6.45) is 6.10. The maximum atomic E-state index is 11.0. The van der Waals surface area contributed by atoms with Crippen molar-refractivity contribution in [2.75, 3.05) is 0 Å². The van der Waals surface area contributed by atoms with Crippen LogP contribution in [0.4, 0.5) is 0 Å². The lowest BCUT2D eigenvalue weighted by Crippen LogP contribution is -2.47. The van der Waals surface area contributed by atoms with Gasteiger partial charge in [0.2, 0.25) is 0 Å². The van der Waals surface area contributed by atoms with E-state index in [2.05, 4.69) is 45.5 Å². The standard InChI is InChI=1S/C17H22BrNO2/c18-14-5-1-11(2-6-14)13-9-16(10-13)19-15-7-3-12(4-8-15)17(20)21/h1-2,5-6,12-13,15-16,19H,3-4,7-10H2,(H,20,21). The van der Waals surface area contributed by atoms with Crippen molar-refractivity contribution in [3.8, 4) is 0 Å². The number of carboxylic acids is 1. The van der Waals surface area contributed by atoms with Crippen molar-refractivity contribution in [2.24, 2.45) is 5.92 Å². The zero-order valence-electron chi connectivity index (χ0n) is 12.1. The van der Waals surface area contributed by atoms with Crippen molar-refractivity contribution in [2.45, 2.75) is 56.5 Å². The van der Waals surface area contributed by atoms with E-state index in [4.69, 9.17) is 5.11 Å². The number of carboxylic acid groups (broad SMARTS) is 1. The third-order valence-electron chi connectivity index (χ3n) is 5.03. The van der Waals surface area contributed by atoms with Crippen LogP contribution in [0.3, 0.4) is 0 Å². The Bertz CT molecular complexity index is 488. The minimum atomic E-state index is -0.618. The number of halogens is 1. The van der Waals surface area contributed by atoms with Gasteiger partial charge in [0, 0.05) is 16.6 Å². The van der Waals surface area contributed by atoms with Crippen LogP contribution in [0.1, 0.15) is 50.0 Å². The third kappa shape index (κ3) is 3.67. The largest absolute Gasteiger partial charge is 0.481 e. The van der Waals surface area contributed by atoms with E-state index in [-0.39, 0.29) is 5.92 Å². The second kappa shape index (κ2) is 6.49. The number of rotatable bonds is 4. The van der Waals surface area contributed by atoms with E-state index >= 15 is 0 Å². The van der Waals surface area contributed by atoms with Crippen LogP contribution in [0.5, 0.6) is 0 Å². The van der Waals surface area contributed by atoms with Crippen molar-refractivity contribution >= 4 is 21.9 Å². The van der Waals surface area contributed by atoms with Gasteiger partial charge in [-0.25, -0.2) is 0 Å². The average Bonchev–Trinajstić information content (AvgIpc) is 2.44. The van der Waals surface area contributed by atoms with Gasteiger partial charge in [0.05, 0.1) is 5.92 Å². The van der Waals surface area contributed by atoms with Crippen molar-refractivity contribution in [1.82, 2.24) is 5.32 Å². The van der Waals surface area contributed by atoms with Gasteiger partial charge >= 0.3 is 5.97 Å². The number of hydrogen-bond donors (Lipinski definition) is 2. The monoisotopic (exact) mass is 351 g/mol. The summed E-state index contributed by atoms with van der Waals surface area (Å²) in [6, 6.07) is 9.79. The van der Waals surface area contributed by atoms with Crippen LogP contribution >= 0.6 is 15.9 Å². The fraction of sp³-hybridized carbons (Fsp3) is 0.588. The summed E-state index contributed by atoms with van der Waals surface area (Å²) in [6.45, 7) is 0. The Morgan fingerprint density at radius 3 is 2.24 bits per heavy atom. The number of benzene rings is 1. The molecule has 0 aliphatic heterocycles. The van der Waals surface area contributed by atoms with Crippen molar-refractivity contribution in [1.29, 1.82) is 0 Å². The van der Waals surface area contributed by atoms with Gasteiger partial charge in [-0.2, -0.15) is 0 Å². The quantitative estimate of drug-likeness (QED) is 0.863. The van der Waals surface area contributed by atoms with Crippen LogP contribution in [-0.4, -0.2) is 23.2 Å². The molecule has 2 saturated carbocycles. The van der Waals surface area contributed by atoms with E-state index in [1.807, 2.05) is 0 Å². The lowest BCUT2D eigenvalue weighted by Gasteiger charge is -2.40. The molecule has 4 heteroatoms.